The minimum atomic E-state index is -0.406. The van der Waals surface area contributed by atoms with Crippen LogP contribution >= 0.6 is 0 Å². The zero-order valence-electron chi connectivity index (χ0n) is 15.2. The number of rotatable bonds is 8. The van der Waals surface area contributed by atoms with Crippen LogP contribution in [-0.4, -0.2) is 4.92 Å². The van der Waals surface area contributed by atoms with Crippen molar-refractivity contribution in [2.45, 2.75) is 26.5 Å². The fourth-order valence-electron chi connectivity index (χ4n) is 2.78. The first-order valence-electron chi connectivity index (χ1n) is 8.92. The molecule has 0 saturated heterocycles. The van der Waals surface area contributed by atoms with Crippen LogP contribution < -0.4 is 10.1 Å². The third-order valence-electron chi connectivity index (χ3n) is 4.36. The van der Waals surface area contributed by atoms with Crippen LogP contribution in [-0.2, 0) is 19.6 Å². The summed E-state index contributed by atoms with van der Waals surface area (Å²) >= 11 is 0. The average Bonchev–Trinajstić information content (AvgIpc) is 2.72. The quantitative estimate of drug-likeness (QED) is 0.433. The molecule has 0 fully saturated rings. The molecule has 0 saturated carbocycles. The summed E-state index contributed by atoms with van der Waals surface area (Å²) in [6.45, 7) is 3.27. The highest BCUT2D eigenvalue weighted by atomic mass is 16.6. The van der Waals surface area contributed by atoms with Crippen LogP contribution in [0.2, 0.25) is 0 Å². The second-order valence-corrected chi connectivity index (χ2v) is 6.22. The summed E-state index contributed by atoms with van der Waals surface area (Å²) in [5.41, 5.74) is 4.62. The number of nitrogens with zero attached hydrogens (tertiary/aromatic N) is 1. The molecule has 0 atom stereocenters. The van der Waals surface area contributed by atoms with Gasteiger partial charge >= 0.3 is 0 Å². The Kier molecular flexibility index (Phi) is 6.05. The maximum Gasteiger partial charge on any atom is 0.269 e. The number of hydrogen-bond donors (Lipinski definition) is 1. The van der Waals surface area contributed by atoms with Crippen LogP contribution in [0.25, 0.3) is 0 Å². The summed E-state index contributed by atoms with van der Waals surface area (Å²) in [5.74, 6) is 0.770. The molecule has 3 aromatic rings. The highest BCUT2D eigenvalue weighted by molar-refractivity contribution is 5.51. The third kappa shape index (κ3) is 5.07. The topological polar surface area (TPSA) is 64.4 Å². The molecule has 3 aromatic carbocycles. The van der Waals surface area contributed by atoms with E-state index in [9.17, 15) is 10.1 Å². The van der Waals surface area contributed by atoms with E-state index in [4.69, 9.17) is 4.74 Å². The van der Waals surface area contributed by atoms with Gasteiger partial charge in [-0.1, -0.05) is 37.3 Å². The van der Waals surface area contributed by atoms with Crippen molar-refractivity contribution in [3.63, 3.8) is 0 Å². The highest BCUT2D eigenvalue weighted by Gasteiger charge is 2.04. The number of nitro groups is 1. The van der Waals surface area contributed by atoms with Crippen LogP contribution in [0.15, 0.2) is 72.8 Å². The lowest BCUT2D eigenvalue weighted by Crippen LogP contribution is -2.02. The van der Waals surface area contributed by atoms with E-state index in [0.29, 0.717) is 6.61 Å². The van der Waals surface area contributed by atoms with Gasteiger partial charge in [0.1, 0.15) is 12.4 Å². The molecule has 0 amide bonds. The molecule has 0 aromatic heterocycles. The lowest BCUT2D eigenvalue weighted by molar-refractivity contribution is -0.384. The zero-order chi connectivity index (χ0) is 19.1. The van der Waals surface area contributed by atoms with Crippen molar-refractivity contribution in [3.8, 4) is 5.75 Å². The summed E-state index contributed by atoms with van der Waals surface area (Å²) in [6, 6.07) is 22.7. The van der Waals surface area contributed by atoms with Crippen molar-refractivity contribution in [1.29, 1.82) is 0 Å². The molecule has 3 rings (SSSR count). The fourth-order valence-corrected chi connectivity index (χ4v) is 2.78. The molecule has 5 nitrogen and oxygen atoms in total. The van der Waals surface area contributed by atoms with Crippen LogP contribution in [0.1, 0.15) is 23.6 Å². The van der Waals surface area contributed by atoms with Gasteiger partial charge in [-0.15, -0.1) is 0 Å². The molecule has 0 unspecified atom stereocenters. The molecule has 0 spiro atoms. The van der Waals surface area contributed by atoms with Crippen LogP contribution in [0.4, 0.5) is 11.4 Å². The van der Waals surface area contributed by atoms with Gasteiger partial charge in [0.25, 0.3) is 5.69 Å². The first-order valence-corrected chi connectivity index (χ1v) is 8.92. The van der Waals surface area contributed by atoms with E-state index < -0.39 is 4.92 Å². The number of nitro benzene ring substituents is 1. The number of anilines is 1. The average molecular weight is 362 g/mol. The van der Waals surface area contributed by atoms with Crippen molar-refractivity contribution in [2.75, 3.05) is 5.32 Å². The van der Waals surface area contributed by atoms with Gasteiger partial charge in [-0.2, -0.15) is 0 Å². The van der Waals surface area contributed by atoms with Gasteiger partial charge in [-0.3, -0.25) is 10.1 Å². The van der Waals surface area contributed by atoms with Gasteiger partial charge in [0, 0.05) is 24.4 Å². The Hall–Kier alpha value is -3.34. The lowest BCUT2D eigenvalue weighted by Gasteiger charge is -2.11. The molecular formula is C22H22N2O3. The molecule has 0 heterocycles. The summed E-state index contributed by atoms with van der Waals surface area (Å²) in [6.07, 6.45) is 0.999. The van der Waals surface area contributed by atoms with Crippen molar-refractivity contribution >= 4 is 11.4 Å². The summed E-state index contributed by atoms with van der Waals surface area (Å²) < 4.78 is 5.76. The van der Waals surface area contributed by atoms with Crippen molar-refractivity contribution in [3.05, 3.63) is 99.6 Å². The monoisotopic (exact) mass is 362 g/mol. The van der Waals surface area contributed by atoms with E-state index in [0.717, 1.165) is 24.3 Å². The summed E-state index contributed by atoms with van der Waals surface area (Å²) in [4.78, 5) is 10.3. The smallest absolute Gasteiger partial charge is 0.269 e. The minimum absolute atomic E-state index is 0.0836. The predicted molar refractivity (Wildman–Crippen MR) is 107 cm³/mol. The van der Waals surface area contributed by atoms with E-state index in [2.05, 4.69) is 30.4 Å². The highest BCUT2D eigenvalue weighted by Crippen LogP contribution is 2.19. The van der Waals surface area contributed by atoms with Gasteiger partial charge < -0.3 is 10.1 Å². The van der Waals surface area contributed by atoms with E-state index in [1.807, 2.05) is 30.3 Å². The van der Waals surface area contributed by atoms with Gasteiger partial charge in [0.15, 0.2) is 0 Å². The fraction of sp³-hybridized carbons (Fsp3) is 0.182. The first-order chi connectivity index (χ1) is 13.2. The van der Waals surface area contributed by atoms with Crippen LogP contribution in [0.3, 0.4) is 0 Å². The maximum absolute atomic E-state index is 10.7. The molecule has 27 heavy (non-hydrogen) atoms. The second kappa shape index (κ2) is 8.85. The Labute approximate surface area is 158 Å². The molecule has 1 N–H and O–H groups in total. The summed E-state index contributed by atoms with van der Waals surface area (Å²) in [7, 11) is 0. The molecule has 5 heteroatoms. The number of benzene rings is 3. The van der Waals surface area contributed by atoms with Gasteiger partial charge in [0.05, 0.1) is 4.92 Å². The Morgan fingerprint density at radius 1 is 0.926 bits per heavy atom. The molecular weight excluding hydrogens is 340 g/mol. The standard InChI is InChI=1S/C22H22N2O3/c1-2-19-5-3-4-6-22(19)23-15-17-9-13-21(14-10-17)27-16-18-7-11-20(12-8-18)24(25)26/h3-14,23H,2,15-16H2,1H3. The normalized spacial score (nSPS) is 10.4. The Morgan fingerprint density at radius 3 is 2.26 bits per heavy atom. The summed E-state index contributed by atoms with van der Waals surface area (Å²) in [5, 5.41) is 14.1. The third-order valence-corrected chi connectivity index (χ3v) is 4.36. The van der Waals surface area contributed by atoms with E-state index in [1.54, 1.807) is 12.1 Å². The lowest BCUT2D eigenvalue weighted by atomic mass is 10.1. The molecule has 0 radical (unpaired) electrons. The number of non-ortho nitro benzene ring substituents is 1. The Balaban J connectivity index is 1.53. The number of aryl methyl sites for hydroxylation is 1. The van der Waals surface area contributed by atoms with E-state index in [1.165, 1.54) is 28.9 Å². The molecule has 0 aliphatic carbocycles. The minimum Gasteiger partial charge on any atom is -0.489 e. The van der Waals surface area contributed by atoms with Crippen molar-refractivity contribution < 1.29 is 9.66 Å². The van der Waals surface area contributed by atoms with Crippen molar-refractivity contribution in [2.24, 2.45) is 0 Å². The number of hydrogen-bond acceptors (Lipinski definition) is 4. The molecule has 138 valence electrons. The Morgan fingerprint density at radius 2 is 1.59 bits per heavy atom. The Bertz CT molecular complexity index is 890. The maximum atomic E-state index is 10.7. The second-order valence-electron chi connectivity index (χ2n) is 6.22. The van der Waals surface area contributed by atoms with E-state index in [-0.39, 0.29) is 5.69 Å². The number of nitrogens with one attached hydrogen (secondary N) is 1. The predicted octanol–water partition coefficient (Wildman–Crippen LogP) is 5.35. The first kappa shape index (κ1) is 18.5. The SMILES string of the molecule is CCc1ccccc1NCc1ccc(OCc2ccc([N+](=O)[O-])cc2)cc1. The van der Waals surface area contributed by atoms with E-state index >= 15 is 0 Å². The van der Waals surface area contributed by atoms with Crippen molar-refractivity contribution in [1.82, 2.24) is 0 Å². The number of para-hydroxylation sites is 1. The van der Waals surface area contributed by atoms with Crippen LogP contribution in [0, 0.1) is 10.1 Å². The molecule has 0 aliphatic rings. The largest absolute Gasteiger partial charge is 0.489 e. The zero-order valence-corrected chi connectivity index (χ0v) is 15.2. The van der Waals surface area contributed by atoms with Gasteiger partial charge in [0.2, 0.25) is 0 Å². The van der Waals surface area contributed by atoms with Crippen LogP contribution in [0.5, 0.6) is 5.75 Å². The number of ether oxygens (including phenoxy) is 1. The van der Waals surface area contributed by atoms with Gasteiger partial charge in [-0.05, 0) is 53.4 Å². The van der Waals surface area contributed by atoms with Gasteiger partial charge in [-0.25, -0.2) is 0 Å². The molecule has 0 aliphatic heterocycles. The molecule has 0 bridgehead atoms.